The van der Waals surface area contributed by atoms with Crippen molar-refractivity contribution in [2.75, 3.05) is 44.7 Å². The molecule has 2 rings (SSSR count). The molecule has 0 amide bonds. The van der Waals surface area contributed by atoms with Crippen molar-refractivity contribution in [2.45, 2.75) is 6.92 Å². The van der Waals surface area contributed by atoms with Gasteiger partial charge in [0.15, 0.2) is 0 Å². The van der Waals surface area contributed by atoms with Gasteiger partial charge in [-0.2, -0.15) is 0 Å². The van der Waals surface area contributed by atoms with Gasteiger partial charge in [0.05, 0.1) is 25.5 Å². The number of piperazine rings is 1. The second-order valence-corrected chi connectivity index (χ2v) is 4.50. The first-order chi connectivity index (χ1) is 8.69. The van der Waals surface area contributed by atoms with Crippen LogP contribution < -0.4 is 4.90 Å². The molecule has 18 heavy (non-hydrogen) atoms. The molecule has 5 heteroatoms. The van der Waals surface area contributed by atoms with Gasteiger partial charge in [0.25, 0.3) is 0 Å². The van der Waals surface area contributed by atoms with Crippen LogP contribution in [-0.4, -0.2) is 55.7 Å². The monoisotopic (exact) mass is 249 g/mol. The summed E-state index contributed by atoms with van der Waals surface area (Å²) in [6, 6.07) is 4.12. The van der Waals surface area contributed by atoms with E-state index >= 15 is 0 Å². The quantitative estimate of drug-likeness (QED) is 0.737. The Hall–Kier alpha value is -1.62. The van der Waals surface area contributed by atoms with Crippen LogP contribution in [0.25, 0.3) is 0 Å². The number of aromatic nitrogens is 1. The molecule has 2 heterocycles. The fourth-order valence-corrected chi connectivity index (χ4v) is 2.06. The van der Waals surface area contributed by atoms with E-state index in [9.17, 15) is 4.79 Å². The Labute approximate surface area is 107 Å². The molecule has 0 spiro atoms. The number of carbonyl (C=O) groups is 1. The molecule has 1 saturated heterocycles. The molecule has 0 atom stereocenters. The Morgan fingerprint density at radius 3 is 2.61 bits per heavy atom. The molecule has 0 radical (unpaired) electrons. The van der Waals surface area contributed by atoms with Gasteiger partial charge in [0.1, 0.15) is 0 Å². The minimum atomic E-state index is -0.166. The van der Waals surface area contributed by atoms with Crippen LogP contribution in [0.1, 0.15) is 5.69 Å². The molecule has 1 aromatic rings. The maximum Gasteiger partial charge on any atom is 0.319 e. The largest absolute Gasteiger partial charge is 0.468 e. The molecule has 0 aliphatic carbocycles. The van der Waals surface area contributed by atoms with Crippen molar-refractivity contribution in [3.05, 3.63) is 24.0 Å². The summed E-state index contributed by atoms with van der Waals surface area (Å²) in [4.78, 5) is 19.9. The highest BCUT2D eigenvalue weighted by Crippen LogP contribution is 2.15. The van der Waals surface area contributed by atoms with E-state index in [2.05, 4.69) is 25.6 Å². The first-order valence-corrected chi connectivity index (χ1v) is 6.16. The highest BCUT2D eigenvalue weighted by molar-refractivity contribution is 5.71. The molecule has 1 aromatic heterocycles. The smallest absolute Gasteiger partial charge is 0.319 e. The highest BCUT2D eigenvalue weighted by atomic mass is 16.5. The summed E-state index contributed by atoms with van der Waals surface area (Å²) < 4.78 is 4.67. The average molecular weight is 249 g/mol. The van der Waals surface area contributed by atoms with Crippen molar-refractivity contribution in [1.29, 1.82) is 0 Å². The number of hydrogen-bond acceptors (Lipinski definition) is 5. The maximum absolute atomic E-state index is 11.2. The lowest BCUT2D eigenvalue weighted by molar-refractivity contribution is -0.142. The van der Waals surface area contributed by atoms with Crippen LogP contribution in [0.15, 0.2) is 18.3 Å². The van der Waals surface area contributed by atoms with Gasteiger partial charge in [-0.25, -0.2) is 0 Å². The van der Waals surface area contributed by atoms with E-state index < -0.39 is 0 Å². The van der Waals surface area contributed by atoms with Crippen LogP contribution in [-0.2, 0) is 9.53 Å². The molecule has 0 saturated carbocycles. The van der Waals surface area contributed by atoms with Crippen LogP contribution in [0, 0.1) is 6.92 Å². The zero-order valence-electron chi connectivity index (χ0n) is 10.9. The SMILES string of the molecule is COC(=O)CN1CCN(c2ccc(C)nc2)CC1. The second kappa shape index (κ2) is 5.82. The van der Waals surface area contributed by atoms with Gasteiger partial charge in [-0.1, -0.05) is 0 Å². The Balaban J connectivity index is 1.86. The van der Waals surface area contributed by atoms with Gasteiger partial charge in [0, 0.05) is 31.9 Å². The molecule has 1 aliphatic heterocycles. The molecule has 1 fully saturated rings. The van der Waals surface area contributed by atoms with Crippen molar-refractivity contribution in [2.24, 2.45) is 0 Å². The lowest BCUT2D eigenvalue weighted by Gasteiger charge is -2.35. The second-order valence-electron chi connectivity index (χ2n) is 4.50. The zero-order valence-corrected chi connectivity index (χ0v) is 10.9. The molecule has 0 aromatic carbocycles. The van der Waals surface area contributed by atoms with Gasteiger partial charge < -0.3 is 9.64 Å². The Morgan fingerprint density at radius 2 is 2.06 bits per heavy atom. The summed E-state index contributed by atoms with van der Waals surface area (Å²) in [5, 5.41) is 0. The minimum Gasteiger partial charge on any atom is -0.468 e. The Morgan fingerprint density at radius 1 is 1.33 bits per heavy atom. The minimum absolute atomic E-state index is 0.166. The third-order valence-electron chi connectivity index (χ3n) is 3.21. The summed E-state index contributed by atoms with van der Waals surface area (Å²) in [6.07, 6.45) is 1.91. The summed E-state index contributed by atoms with van der Waals surface area (Å²) in [5.41, 5.74) is 2.18. The summed E-state index contributed by atoms with van der Waals surface area (Å²) in [5.74, 6) is -0.166. The number of ether oxygens (including phenoxy) is 1. The predicted octanol–water partition coefficient (Wildman–Crippen LogP) is 0.685. The van der Waals surface area contributed by atoms with E-state index in [0.717, 1.165) is 37.6 Å². The number of nitrogens with zero attached hydrogens (tertiary/aromatic N) is 3. The van der Waals surface area contributed by atoms with Gasteiger partial charge in [0.2, 0.25) is 0 Å². The van der Waals surface area contributed by atoms with E-state index in [1.54, 1.807) is 0 Å². The van der Waals surface area contributed by atoms with Crippen molar-refractivity contribution >= 4 is 11.7 Å². The molecular weight excluding hydrogens is 230 g/mol. The van der Waals surface area contributed by atoms with Crippen LogP contribution in [0.4, 0.5) is 5.69 Å². The lowest BCUT2D eigenvalue weighted by atomic mass is 10.2. The average Bonchev–Trinajstić information content (AvgIpc) is 2.40. The normalized spacial score (nSPS) is 16.7. The molecular formula is C13H19N3O2. The van der Waals surface area contributed by atoms with Gasteiger partial charge in [-0.15, -0.1) is 0 Å². The van der Waals surface area contributed by atoms with Crippen LogP contribution in [0.5, 0.6) is 0 Å². The van der Waals surface area contributed by atoms with Crippen LogP contribution in [0.2, 0.25) is 0 Å². The van der Waals surface area contributed by atoms with Gasteiger partial charge in [-0.3, -0.25) is 14.7 Å². The topological polar surface area (TPSA) is 45.7 Å². The van der Waals surface area contributed by atoms with E-state index in [-0.39, 0.29) is 5.97 Å². The number of pyridine rings is 1. The van der Waals surface area contributed by atoms with E-state index in [1.165, 1.54) is 7.11 Å². The first kappa shape index (κ1) is 12.8. The molecule has 98 valence electrons. The standard InChI is InChI=1S/C13H19N3O2/c1-11-3-4-12(9-14-11)16-7-5-15(6-8-16)10-13(17)18-2/h3-4,9H,5-8,10H2,1-2H3. The number of methoxy groups -OCH3 is 1. The van der Waals surface area contributed by atoms with Crippen molar-refractivity contribution in [3.8, 4) is 0 Å². The van der Waals surface area contributed by atoms with Gasteiger partial charge >= 0.3 is 5.97 Å². The Bertz CT molecular complexity index is 397. The van der Waals surface area contributed by atoms with E-state index in [4.69, 9.17) is 0 Å². The zero-order chi connectivity index (χ0) is 13.0. The van der Waals surface area contributed by atoms with Crippen LogP contribution >= 0.6 is 0 Å². The molecule has 5 nitrogen and oxygen atoms in total. The molecule has 0 bridgehead atoms. The molecule has 1 aliphatic rings. The number of aryl methyl sites for hydroxylation is 1. The van der Waals surface area contributed by atoms with Crippen molar-refractivity contribution < 1.29 is 9.53 Å². The van der Waals surface area contributed by atoms with E-state index in [0.29, 0.717) is 6.54 Å². The fourth-order valence-electron chi connectivity index (χ4n) is 2.06. The highest BCUT2D eigenvalue weighted by Gasteiger charge is 2.19. The summed E-state index contributed by atoms with van der Waals surface area (Å²) in [7, 11) is 1.43. The summed E-state index contributed by atoms with van der Waals surface area (Å²) in [6.45, 7) is 5.96. The maximum atomic E-state index is 11.2. The van der Waals surface area contributed by atoms with Crippen LogP contribution in [0.3, 0.4) is 0 Å². The first-order valence-electron chi connectivity index (χ1n) is 6.16. The molecule has 0 unspecified atom stereocenters. The number of hydrogen-bond donors (Lipinski definition) is 0. The molecule has 0 N–H and O–H groups in total. The summed E-state index contributed by atoms with van der Waals surface area (Å²) >= 11 is 0. The third-order valence-corrected chi connectivity index (χ3v) is 3.21. The third kappa shape index (κ3) is 3.20. The predicted molar refractivity (Wildman–Crippen MR) is 69.6 cm³/mol. The van der Waals surface area contributed by atoms with E-state index in [1.807, 2.05) is 19.2 Å². The fraction of sp³-hybridized carbons (Fsp3) is 0.538. The number of anilines is 1. The van der Waals surface area contributed by atoms with Gasteiger partial charge in [-0.05, 0) is 19.1 Å². The van der Waals surface area contributed by atoms with Crippen molar-refractivity contribution in [1.82, 2.24) is 9.88 Å². The Kier molecular flexibility index (Phi) is 4.15. The van der Waals surface area contributed by atoms with Crippen molar-refractivity contribution in [3.63, 3.8) is 0 Å². The number of carbonyl (C=O) groups excluding carboxylic acids is 1. The lowest BCUT2D eigenvalue weighted by Crippen LogP contribution is -2.48. The number of esters is 1. The number of rotatable bonds is 3.